The summed E-state index contributed by atoms with van der Waals surface area (Å²) in [7, 11) is 1.68. The number of piperazine rings is 1. The number of benzene rings is 2. The minimum Gasteiger partial charge on any atom is -0.495 e. The highest BCUT2D eigenvalue weighted by Gasteiger charge is 2.21. The second-order valence-electron chi connectivity index (χ2n) is 6.73. The first-order valence-electron chi connectivity index (χ1n) is 9.47. The normalized spacial score (nSPS) is 14.4. The van der Waals surface area contributed by atoms with E-state index in [1.807, 2.05) is 42.5 Å². The lowest BCUT2D eigenvalue weighted by Gasteiger charge is -2.36. The average molecular weight is 415 g/mol. The Kier molecular flexibility index (Phi) is 7.37. The predicted molar refractivity (Wildman–Crippen MR) is 117 cm³/mol. The summed E-state index contributed by atoms with van der Waals surface area (Å²) in [5.41, 5.74) is 7.01. The van der Waals surface area contributed by atoms with E-state index < -0.39 is 0 Å². The molecule has 0 unspecified atom stereocenters. The van der Waals surface area contributed by atoms with Gasteiger partial charge in [-0.1, -0.05) is 24.3 Å². The molecule has 0 bridgehead atoms. The van der Waals surface area contributed by atoms with Crippen LogP contribution >= 0.6 is 11.8 Å². The maximum absolute atomic E-state index is 12.5. The van der Waals surface area contributed by atoms with Crippen LogP contribution in [0.3, 0.4) is 0 Å². The van der Waals surface area contributed by atoms with Crippen molar-refractivity contribution in [3.05, 3.63) is 48.5 Å². The average Bonchev–Trinajstić information content (AvgIpc) is 2.73. The van der Waals surface area contributed by atoms with E-state index in [2.05, 4.69) is 21.2 Å². The number of anilines is 2. The van der Waals surface area contributed by atoms with Crippen LogP contribution in [-0.4, -0.2) is 62.3 Å². The molecule has 0 spiro atoms. The molecule has 0 atom stereocenters. The molecule has 3 rings (SSSR count). The number of primary amides is 1. The smallest absolute Gasteiger partial charge is 0.238 e. The SMILES string of the molecule is COc1ccccc1N1CCN(CC(=O)Nc2ccccc2SCC(N)=O)CC1. The van der Waals surface area contributed by atoms with E-state index in [9.17, 15) is 9.59 Å². The molecular weight excluding hydrogens is 388 g/mol. The summed E-state index contributed by atoms with van der Waals surface area (Å²) >= 11 is 1.32. The van der Waals surface area contributed by atoms with Gasteiger partial charge in [0.05, 0.1) is 30.8 Å². The molecule has 1 aliphatic rings. The van der Waals surface area contributed by atoms with Crippen LogP contribution in [-0.2, 0) is 9.59 Å². The number of thioether (sulfide) groups is 1. The van der Waals surface area contributed by atoms with E-state index in [-0.39, 0.29) is 17.6 Å². The number of rotatable bonds is 8. The molecule has 8 heteroatoms. The Balaban J connectivity index is 1.52. The zero-order chi connectivity index (χ0) is 20.6. The largest absolute Gasteiger partial charge is 0.495 e. The summed E-state index contributed by atoms with van der Waals surface area (Å²) in [6.45, 7) is 3.58. The lowest BCUT2D eigenvalue weighted by molar-refractivity contribution is -0.117. The van der Waals surface area contributed by atoms with Crippen molar-refractivity contribution in [1.82, 2.24) is 4.90 Å². The number of hydrogen-bond donors (Lipinski definition) is 2. The number of nitrogens with one attached hydrogen (secondary N) is 1. The van der Waals surface area contributed by atoms with Gasteiger partial charge in [-0.05, 0) is 24.3 Å². The topological polar surface area (TPSA) is 87.9 Å². The summed E-state index contributed by atoms with van der Waals surface area (Å²) in [6, 6.07) is 15.4. The van der Waals surface area contributed by atoms with Gasteiger partial charge in [-0.2, -0.15) is 0 Å². The molecule has 3 N–H and O–H groups in total. The molecule has 1 saturated heterocycles. The van der Waals surface area contributed by atoms with Gasteiger partial charge in [-0.3, -0.25) is 14.5 Å². The summed E-state index contributed by atoms with van der Waals surface area (Å²) in [4.78, 5) is 28.8. The van der Waals surface area contributed by atoms with Gasteiger partial charge in [-0.15, -0.1) is 11.8 Å². The van der Waals surface area contributed by atoms with Crippen molar-refractivity contribution in [2.75, 3.05) is 55.8 Å². The Labute approximate surface area is 175 Å². The molecule has 1 fully saturated rings. The Bertz CT molecular complexity index is 853. The third-order valence-electron chi connectivity index (χ3n) is 4.70. The molecule has 2 amide bonds. The monoisotopic (exact) mass is 414 g/mol. The second kappa shape index (κ2) is 10.2. The van der Waals surface area contributed by atoms with E-state index in [1.165, 1.54) is 11.8 Å². The number of amides is 2. The van der Waals surface area contributed by atoms with Crippen LogP contribution in [0.1, 0.15) is 0 Å². The van der Waals surface area contributed by atoms with Crippen LogP contribution in [0.5, 0.6) is 5.75 Å². The van der Waals surface area contributed by atoms with Crippen molar-refractivity contribution in [2.45, 2.75) is 4.90 Å². The molecule has 0 aliphatic carbocycles. The van der Waals surface area contributed by atoms with Crippen LogP contribution in [0.4, 0.5) is 11.4 Å². The number of nitrogens with two attached hydrogens (primary N) is 1. The molecule has 1 heterocycles. The van der Waals surface area contributed by atoms with Gasteiger partial charge in [0, 0.05) is 31.1 Å². The fraction of sp³-hybridized carbons (Fsp3) is 0.333. The van der Waals surface area contributed by atoms with Crippen molar-refractivity contribution >= 4 is 35.0 Å². The number of carbonyl (C=O) groups excluding carboxylic acids is 2. The zero-order valence-corrected chi connectivity index (χ0v) is 17.3. The molecule has 1 aliphatic heterocycles. The fourth-order valence-electron chi connectivity index (χ4n) is 3.28. The number of hydrogen-bond acceptors (Lipinski definition) is 6. The highest BCUT2D eigenvalue weighted by atomic mass is 32.2. The molecule has 154 valence electrons. The van der Waals surface area contributed by atoms with E-state index in [0.717, 1.165) is 42.5 Å². The molecule has 0 radical (unpaired) electrons. The second-order valence-corrected chi connectivity index (χ2v) is 7.75. The highest BCUT2D eigenvalue weighted by molar-refractivity contribution is 8.00. The standard InChI is InChI=1S/C21H26N4O3S/c1-28-18-8-4-3-7-17(18)25-12-10-24(11-13-25)14-21(27)23-16-6-2-5-9-19(16)29-15-20(22)26/h2-9H,10-15H2,1H3,(H2,22,26)(H,23,27). The number of methoxy groups -OCH3 is 1. The van der Waals surface area contributed by atoms with Crippen LogP contribution in [0, 0.1) is 0 Å². The first-order chi connectivity index (χ1) is 14.1. The fourth-order valence-corrected chi connectivity index (χ4v) is 4.02. The number of para-hydroxylation sites is 3. The molecule has 0 saturated carbocycles. The zero-order valence-electron chi connectivity index (χ0n) is 16.5. The lowest BCUT2D eigenvalue weighted by atomic mass is 10.2. The summed E-state index contributed by atoms with van der Waals surface area (Å²) in [5.74, 6) is 0.591. The molecular formula is C21H26N4O3S. The molecule has 0 aromatic heterocycles. The van der Waals surface area contributed by atoms with Gasteiger partial charge in [-0.25, -0.2) is 0 Å². The Morgan fingerprint density at radius 2 is 1.76 bits per heavy atom. The molecule has 2 aromatic rings. The molecule has 29 heavy (non-hydrogen) atoms. The molecule has 2 aromatic carbocycles. The van der Waals surface area contributed by atoms with Crippen molar-refractivity contribution in [2.24, 2.45) is 5.73 Å². The van der Waals surface area contributed by atoms with Gasteiger partial charge >= 0.3 is 0 Å². The summed E-state index contributed by atoms with van der Waals surface area (Å²) < 4.78 is 5.45. The minimum absolute atomic E-state index is 0.0668. The highest BCUT2D eigenvalue weighted by Crippen LogP contribution is 2.29. The maximum Gasteiger partial charge on any atom is 0.238 e. The van der Waals surface area contributed by atoms with E-state index in [0.29, 0.717) is 12.2 Å². The maximum atomic E-state index is 12.5. The van der Waals surface area contributed by atoms with Crippen molar-refractivity contribution in [1.29, 1.82) is 0 Å². The van der Waals surface area contributed by atoms with Crippen LogP contribution in [0.2, 0.25) is 0 Å². The Morgan fingerprint density at radius 3 is 2.48 bits per heavy atom. The Morgan fingerprint density at radius 1 is 1.07 bits per heavy atom. The summed E-state index contributed by atoms with van der Waals surface area (Å²) in [5, 5.41) is 2.96. The van der Waals surface area contributed by atoms with Crippen molar-refractivity contribution in [3.63, 3.8) is 0 Å². The van der Waals surface area contributed by atoms with Crippen molar-refractivity contribution in [3.8, 4) is 5.75 Å². The first-order valence-corrected chi connectivity index (χ1v) is 10.5. The molecule has 7 nitrogen and oxygen atoms in total. The Hall–Kier alpha value is -2.71. The van der Waals surface area contributed by atoms with Gasteiger partial charge in [0.2, 0.25) is 11.8 Å². The van der Waals surface area contributed by atoms with E-state index in [1.54, 1.807) is 7.11 Å². The van der Waals surface area contributed by atoms with Gasteiger partial charge in [0.15, 0.2) is 0 Å². The quantitative estimate of drug-likeness (QED) is 0.643. The number of nitrogens with zero attached hydrogens (tertiary/aromatic N) is 2. The van der Waals surface area contributed by atoms with Gasteiger partial charge < -0.3 is 20.7 Å². The summed E-state index contributed by atoms with van der Waals surface area (Å²) in [6.07, 6.45) is 0. The first kappa shape index (κ1) is 21.0. The van der Waals surface area contributed by atoms with Crippen molar-refractivity contribution < 1.29 is 14.3 Å². The van der Waals surface area contributed by atoms with E-state index in [4.69, 9.17) is 10.5 Å². The van der Waals surface area contributed by atoms with Gasteiger partial charge in [0.1, 0.15) is 5.75 Å². The third kappa shape index (κ3) is 5.88. The number of carbonyl (C=O) groups is 2. The predicted octanol–water partition coefficient (Wildman–Crippen LogP) is 2.03. The van der Waals surface area contributed by atoms with Crippen LogP contribution in [0.25, 0.3) is 0 Å². The minimum atomic E-state index is -0.385. The van der Waals surface area contributed by atoms with Crippen LogP contribution < -0.4 is 20.7 Å². The number of ether oxygens (including phenoxy) is 1. The third-order valence-corrected chi connectivity index (χ3v) is 5.79. The lowest BCUT2D eigenvalue weighted by Crippen LogP contribution is -2.48. The van der Waals surface area contributed by atoms with Gasteiger partial charge in [0.25, 0.3) is 0 Å². The van der Waals surface area contributed by atoms with Crippen LogP contribution in [0.15, 0.2) is 53.4 Å². The van der Waals surface area contributed by atoms with E-state index >= 15 is 0 Å².